The van der Waals surface area contributed by atoms with Gasteiger partial charge in [0.1, 0.15) is 18.1 Å². The molecule has 1 fully saturated rings. The predicted molar refractivity (Wildman–Crippen MR) is 90.5 cm³/mol. The van der Waals surface area contributed by atoms with Crippen LogP contribution in [0.25, 0.3) is 10.9 Å². The minimum Gasteiger partial charge on any atom is -0.490 e. The zero-order valence-corrected chi connectivity index (χ0v) is 14.0. The number of primary amides is 1. The number of hydrogen-bond donors (Lipinski definition) is 1. The van der Waals surface area contributed by atoms with Gasteiger partial charge < -0.3 is 19.9 Å². The Morgan fingerprint density at radius 3 is 2.92 bits per heavy atom. The van der Waals surface area contributed by atoms with Gasteiger partial charge >= 0.3 is 0 Å². The Labute approximate surface area is 140 Å². The molecule has 128 valence electrons. The zero-order valence-electron chi connectivity index (χ0n) is 14.0. The molecule has 3 rings (SSSR count). The van der Waals surface area contributed by atoms with Gasteiger partial charge in [-0.1, -0.05) is 0 Å². The maximum atomic E-state index is 11.7. The minimum absolute atomic E-state index is 0.0755. The lowest BCUT2D eigenvalue weighted by molar-refractivity contribution is 0.0684. The molecule has 0 bridgehead atoms. The molecule has 24 heavy (non-hydrogen) atoms. The molecule has 6 heteroatoms. The molecule has 1 atom stereocenters. The van der Waals surface area contributed by atoms with Gasteiger partial charge in [0.2, 0.25) is 0 Å². The molecule has 2 heterocycles. The first-order chi connectivity index (χ1) is 11.5. The number of rotatable bonds is 6. The standard InChI is InChI=1S/C18H22N2O4/c1-11(2)24-17-9-13-15(8-14(17)18(19)21)20-6-5-16(13)23-10-12-4-3-7-22-12/h5-6,8-9,11-12H,3-4,7,10H2,1-2H3,(H2,19,21)/t12-/m1/s1. The number of nitrogens with zero attached hydrogens (tertiary/aromatic N) is 1. The Hall–Kier alpha value is -2.34. The summed E-state index contributed by atoms with van der Waals surface area (Å²) in [4.78, 5) is 16.0. The number of carbonyl (C=O) groups is 1. The third-order valence-electron chi connectivity index (χ3n) is 3.88. The molecule has 1 aliphatic rings. The maximum Gasteiger partial charge on any atom is 0.252 e. The summed E-state index contributed by atoms with van der Waals surface area (Å²) in [6, 6.07) is 5.22. The van der Waals surface area contributed by atoms with Gasteiger partial charge in [-0.3, -0.25) is 9.78 Å². The number of hydrogen-bond acceptors (Lipinski definition) is 5. The van der Waals surface area contributed by atoms with E-state index in [-0.39, 0.29) is 12.2 Å². The normalized spacial score (nSPS) is 17.4. The van der Waals surface area contributed by atoms with E-state index in [1.54, 1.807) is 24.4 Å². The highest BCUT2D eigenvalue weighted by molar-refractivity contribution is 6.01. The first-order valence-corrected chi connectivity index (χ1v) is 8.18. The van der Waals surface area contributed by atoms with Gasteiger partial charge in [-0.15, -0.1) is 0 Å². The molecule has 1 aliphatic heterocycles. The zero-order chi connectivity index (χ0) is 17.1. The summed E-state index contributed by atoms with van der Waals surface area (Å²) in [6.07, 6.45) is 3.79. The number of ether oxygens (including phenoxy) is 3. The van der Waals surface area contributed by atoms with Crippen LogP contribution in [0.1, 0.15) is 37.0 Å². The number of benzene rings is 1. The Kier molecular flexibility index (Phi) is 4.85. The largest absolute Gasteiger partial charge is 0.490 e. The summed E-state index contributed by atoms with van der Waals surface area (Å²) < 4.78 is 17.3. The van der Waals surface area contributed by atoms with Crippen LogP contribution in [0.5, 0.6) is 11.5 Å². The van der Waals surface area contributed by atoms with E-state index in [9.17, 15) is 4.79 Å². The topological polar surface area (TPSA) is 83.7 Å². The van der Waals surface area contributed by atoms with Crippen molar-refractivity contribution in [2.75, 3.05) is 13.2 Å². The van der Waals surface area contributed by atoms with Crippen LogP contribution in [0, 0.1) is 0 Å². The van der Waals surface area contributed by atoms with Gasteiger partial charge in [0, 0.05) is 18.2 Å². The first kappa shape index (κ1) is 16.5. The van der Waals surface area contributed by atoms with E-state index < -0.39 is 5.91 Å². The Bertz CT molecular complexity index is 739. The molecule has 1 saturated heterocycles. The lowest BCUT2D eigenvalue weighted by Gasteiger charge is -2.16. The number of carbonyl (C=O) groups excluding carboxylic acids is 1. The van der Waals surface area contributed by atoms with Crippen LogP contribution in [-0.4, -0.2) is 36.3 Å². The van der Waals surface area contributed by atoms with Crippen LogP contribution in [0.15, 0.2) is 24.4 Å². The number of amides is 1. The summed E-state index contributed by atoms with van der Waals surface area (Å²) >= 11 is 0. The fraction of sp³-hybridized carbons (Fsp3) is 0.444. The van der Waals surface area contributed by atoms with Crippen LogP contribution in [-0.2, 0) is 4.74 Å². The van der Waals surface area contributed by atoms with Gasteiger partial charge in [-0.05, 0) is 44.9 Å². The van der Waals surface area contributed by atoms with Crippen molar-refractivity contribution in [1.82, 2.24) is 4.98 Å². The van der Waals surface area contributed by atoms with Crippen molar-refractivity contribution in [3.63, 3.8) is 0 Å². The van der Waals surface area contributed by atoms with Gasteiger partial charge in [-0.2, -0.15) is 0 Å². The molecule has 0 unspecified atom stereocenters. The average molecular weight is 330 g/mol. The van der Waals surface area contributed by atoms with Gasteiger partial charge in [-0.25, -0.2) is 0 Å². The number of aromatic nitrogens is 1. The Morgan fingerprint density at radius 2 is 2.25 bits per heavy atom. The van der Waals surface area contributed by atoms with Gasteiger partial charge in [0.25, 0.3) is 5.91 Å². The van der Waals surface area contributed by atoms with E-state index in [2.05, 4.69) is 4.98 Å². The van der Waals surface area contributed by atoms with E-state index in [4.69, 9.17) is 19.9 Å². The van der Waals surface area contributed by atoms with E-state index in [1.807, 2.05) is 13.8 Å². The minimum atomic E-state index is -0.542. The quantitative estimate of drug-likeness (QED) is 0.880. The number of nitrogens with two attached hydrogens (primary N) is 1. The molecule has 0 radical (unpaired) electrons. The SMILES string of the molecule is CC(C)Oc1cc2c(OC[C@H]3CCCO3)ccnc2cc1C(N)=O. The maximum absolute atomic E-state index is 11.7. The second-order valence-corrected chi connectivity index (χ2v) is 6.15. The Balaban J connectivity index is 1.95. The third kappa shape index (κ3) is 3.59. The Morgan fingerprint density at radius 1 is 1.42 bits per heavy atom. The van der Waals surface area contributed by atoms with Crippen molar-refractivity contribution < 1.29 is 19.0 Å². The summed E-state index contributed by atoms with van der Waals surface area (Å²) in [6.45, 7) is 5.08. The second kappa shape index (κ2) is 7.05. The fourth-order valence-corrected chi connectivity index (χ4v) is 2.78. The lowest BCUT2D eigenvalue weighted by atomic mass is 10.1. The van der Waals surface area contributed by atoms with Gasteiger partial charge in [0.05, 0.1) is 23.3 Å². The molecule has 0 aliphatic carbocycles. The van der Waals surface area contributed by atoms with Crippen molar-refractivity contribution in [1.29, 1.82) is 0 Å². The number of pyridine rings is 1. The second-order valence-electron chi connectivity index (χ2n) is 6.15. The third-order valence-corrected chi connectivity index (χ3v) is 3.88. The first-order valence-electron chi connectivity index (χ1n) is 8.18. The van der Waals surface area contributed by atoms with E-state index >= 15 is 0 Å². The van der Waals surface area contributed by atoms with Crippen molar-refractivity contribution in [2.45, 2.75) is 38.9 Å². The van der Waals surface area contributed by atoms with Crippen molar-refractivity contribution >= 4 is 16.8 Å². The molecule has 2 N–H and O–H groups in total. The van der Waals surface area contributed by atoms with Crippen LogP contribution in [0.2, 0.25) is 0 Å². The highest BCUT2D eigenvalue weighted by atomic mass is 16.5. The molecule has 1 amide bonds. The van der Waals surface area contributed by atoms with Crippen LogP contribution in [0.3, 0.4) is 0 Å². The molecule has 0 spiro atoms. The van der Waals surface area contributed by atoms with E-state index in [1.165, 1.54) is 0 Å². The van der Waals surface area contributed by atoms with Crippen LogP contribution >= 0.6 is 0 Å². The van der Waals surface area contributed by atoms with Crippen molar-refractivity contribution in [2.24, 2.45) is 5.73 Å². The highest BCUT2D eigenvalue weighted by Gasteiger charge is 2.18. The van der Waals surface area contributed by atoms with Crippen LogP contribution in [0.4, 0.5) is 0 Å². The monoisotopic (exact) mass is 330 g/mol. The molecule has 1 aromatic carbocycles. The van der Waals surface area contributed by atoms with Crippen molar-refractivity contribution in [3.8, 4) is 11.5 Å². The molecule has 6 nitrogen and oxygen atoms in total. The predicted octanol–water partition coefficient (Wildman–Crippen LogP) is 2.68. The molecular weight excluding hydrogens is 308 g/mol. The smallest absolute Gasteiger partial charge is 0.252 e. The van der Waals surface area contributed by atoms with Gasteiger partial charge in [0.15, 0.2) is 0 Å². The number of fused-ring (bicyclic) bond motifs is 1. The van der Waals surface area contributed by atoms with E-state index in [0.29, 0.717) is 29.2 Å². The lowest BCUT2D eigenvalue weighted by Crippen LogP contribution is -2.17. The van der Waals surface area contributed by atoms with Crippen molar-refractivity contribution in [3.05, 3.63) is 30.0 Å². The summed E-state index contributed by atoms with van der Waals surface area (Å²) in [5.74, 6) is 0.597. The average Bonchev–Trinajstić information content (AvgIpc) is 3.05. The van der Waals surface area contributed by atoms with Crippen LogP contribution < -0.4 is 15.2 Å². The summed E-state index contributed by atoms with van der Waals surface area (Å²) in [5, 5.41) is 0.788. The van der Waals surface area contributed by atoms with E-state index in [0.717, 1.165) is 24.8 Å². The molecule has 0 saturated carbocycles. The molecule has 1 aromatic heterocycles. The summed E-state index contributed by atoms with van der Waals surface area (Å²) in [7, 11) is 0. The highest BCUT2D eigenvalue weighted by Crippen LogP contribution is 2.32. The molecular formula is C18H22N2O4. The fourth-order valence-electron chi connectivity index (χ4n) is 2.78. The molecule has 2 aromatic rings. The summed E-state index contributed by atoms with van der Waals surface area (Å²) in [5.41, 5.74) is 6.43.